The number of hydrogen-bond acceptors (Lipinski definition) is 5. The molecule has 2 N–H and O–H groups in total. The molecule has 140 valence electrons. The van der Waals surface area contributed by atoms with Crippen molar-refractivity contribution in [3.63, 3.8) is 0 Å². The van der Waals surface area contributed by atoms with Gasteiger partial charge < -0.3 is 15.2 Å². The molecule has 2 aliphatic heterocycles. The molecule has 27 heavy (non-hydrogen) atoms. The van der Waals surface area contributed by atoms with Gasteiger partial charge in [0.05, 0.1) is 16.8 Å². The Balaban J connectivity index is 1.34. The number of benzene rings is 2. The Bertz CT molecular complexity index is 867. The van der Waals surface area contributed by atoms with Crippen LogP contribution in [0.5, 0.6) is 0 Å². The molecule has 0 saturated heterocycles. The second kappa shape index (κ2) is 7.34. The molecule has 4 rings (SSSR count). The van der Waals surface area contributed by atoms with Gasteiger partial charge in [-0.15, -0.1) is 0 Å². The molecule has 2 aromatic carbocycles. The van der Waals surface area contributed by atoms with E-state index in [4.69, 9.17) is 0 Å². The lowest BCUT2D eigenvalue weighted by atomic mass is 10.1. The molecule has 0 aliphatic carbocycles. The molecule has 7 heteroatoms. The number of carbonyl (C=O) groups excluding carboxylic acids is 2. The first-order chi connectivity index (χ1) is 13.1. The third-order valence-electron chi connectivity index (χ3n) is 5.00. The van der Waals surface area contributed by atoms with E-state index in [0.717, 1.165) is 22.6 Å². The van der Waals surface area contributed by atoms with E-state index >= 15 is 0 Å². The quantitative estimate of drug-likeness (QED) is 0.453. The minimum absolute atomic E-state index is 0.229. The Hall–Kier alpha value is -2.35. The van der Waals surface area contributed by atoms with Crippen molar-refractivity contribution >= 4 is 28.7 Å². The number of carbonyl (C=O) groups is 2. The van der Waals surface area contributed by atoms with E-state index < -0.39 is 11.2 Å². The summed E-state index contributed by atoms with van der Waals surface area (Å²) in [6, 6.07) is 12.6. The summed E-state index contributed by atoms with van der Waals surface area (Å²) >= 11 is -0.994. The van der Waals surface area contributed by atoms with Crippen LogP contribution in [-0.2, 0) is 17.6 Å². The molecule has 2 atom stereocenters. The second-order valence-electron chi connectivity index (χ2n) is 6.79. The minimum Gasteiger partial charge on any atom is -0.610 e. The Morgan fingerprint density at radius 1 is 1.15 bits per heavy atom. The van der Waals surface area contributed by atoms with Crippen LogP contribution >= 0.6 is 0 Å². The van der Waals surface area contributed by atoms with E-state index in [0.29, 0.717) is 30.1 Å². The highest BCUT2D eigenvalue weighted by molar-refractivity contribution is 7.92. The van der Waals surface area contributed by atoms with Gasteiger partial charge in [-0.3, -0.25) is 14.5 Å². The molecule has 2 heterocycles. The highest BCUT2D eigenvalue weighted by Crippen LogP contribution is 2.31. The van der Waals surface area contributed by atoms with Crippen molar-refractivity contribution in [1.82, 2.24) is 10.2 Å². The lowest BCUT2D eigenvalue weighted by Gasteiger charge is -2.23. The molecular weight excluding hydrogens is 362 g/mol. The lowest BCUT2D eigenvalue weighted by Crippen LogP contribution is -2.44. The summed E-state index contributed by atoms with van der Waals surface area (Å²) in [4.78, 5) is 27.2. The lowest BCUT2D eigenvalue weighted by molar-refractivity contribution is 0.0596. The van der Waals surface area contributed by atoms with Crippen LogP contribution in [0.2, 0.25) is 0 Å². The number of fused-ring (bicyclic) bond motifs is 2. The van der Waals surface area contributed by atoms with Gasteiger partial charge in [-0.2, -0.15) is 0 Å². The SMILES string of the molecule is CC(CNCCc1cccc2c1[S+]([O-])CN2)N1C(=O)c2ccccc2C1=O. The minimum atomic E-state index is -0.994. The van der Waals surface area contributed by atoms with Crippen molar-refractivity contribution in [3.8, 4) is 0 Å². The van der Waals surface area contributed by atoms with E-state index in [2.05, 4.69) is 10.6 Å². The zero-order valence-electron chi connectivity index (χ0n) is 15.0. The predicted octanol–water partition coefficient (Wildman–Crippen LogP) is 1.99. The summed E-state index contributed by atoms with van der Waals surface area (Å²) in [5.74, 6) is 0.0100. The van der Waals surface area contributed by atoms with Crippen LogP contribution in [0.25, 0.3) is 0 Å². The first-order valence-corrected chi connectivity index (χ1v) is 10.3. The highest BCUT2D eigenvalue weighted by atomic mass is 32.2. The third-order valence-corrected chi connectivity index (χ3v) is 6.34. The Kier molecular flexibility index (Phi) is 4.90. The normalized spacial score (nSPS) is 19.0. The summed E-state index contributed by atoms with van der Waals surface area (Å²) in [5.41, 5.74) is 2.97. The zero-order chi connectivity index (χ0) is 19.0. The van der Waals surface area contributed by atoms with Crippen molar-refractivity contribution in [3.05, 3.63) is 59.2 Å². The number of amides is 2. The molecule has 0 bridgehead atoms. The number of anilines is 1. The number of rotatable bonds is 6. The summed E-state index contributed by atoms with van der Waals surface area (Å²) in [7, 11) is 0. The molecule has 2 aromatic rings. The molecule has 0 spiro atoms. The maximum absolute atomic E-state index is 12.5. The number of nitrogens with one attached hydrogen (secondary N) is 2. The average molecular weight is 383 g/mol. The maximum atomic E-state index is 12.5. The fourth-order valence-electron chi connectivity index (χ4n) is 3.64. The summed E-state index contributed by atoms with van der Waals surface area (Å²) in [6.07, 6.45) is 0.741. The highest BCUT2D eigenvalue weighted by Gasteiger charge is 2.37. The molecule has 6 nitrogen and oxygen atoms in total. The van der Waals surface area contributed by atoms with Crippen LogP contribution in [0, 0.1) is 0 Å². The molecule has 2 aliphatic rings. The van der Waals surface area contributed by atoms with Crippen LogP contribution in [-0.4, -0.2) is 46.3 Å². The third kappa shape index (κ3) is 3.22. The van der Waals surface area contributed by atoms with Gasteiger partial charge in [0.25, 0.3) is 11.8 Å². The number of nitrogens with zero attached hydrogens (tertiary/aromatic N) is 1. The molecule has 0 aromatic heterocycles. The van der Waals surface area contributed by atoms with Crippen LogP contribution in [0.3, 0.4) is 0 Å². The zero-order valence-corrected chi connectivity index (χ0v) is 15.8. The topological polar surface area (TPSA) is 84.5 Å². The van der Waals surface area contributed by atoms with E-state index in [1.165, 1.54) is 4.90 Å². The molecular formula is C20H21N3O3S. The Morgan fingerprint density at radius 3 is 2.56 bits per heavy atom. The van der Waals surface area contributed by atoms with Gasteiger partial charge in [0.1, 0.15) is 0 Å². The van der Waals surface area contributed by atoms with Crippen molar-refractivity contribution < 1.29 is 14.1 Å². The van der Waals surface area contributed by atoms with Gasteiger partial charge >= 0.3 is 0 Å². The molecule has 0 radical (unpaired) electrons. The van der Waals surface area contributed by atoms with Crippen molar-refractivity contribution in [2.45, 2.75) is 24.3 Å². The monoisotopic (exact) mass is 383 g/mol. The predicted molar refractivity (Wildman–Crippen MR) is 104 cm³/mol. The number of imide groups is 1. The molecule has 2 amide bonds. The van der Waals surface area contributed by atoms with Crippen LogP contribution in [0.4, 0.5) is 5.69 Å². The van der Waals surface area contributed by atoms with E-state index in [1.54, 1.807) is 24.3 Å². The molecule has 0 saturated carbocycles. The maximum Gasteiger partial charge on any atom is 0.261 e. The van der Waals surface area contributed by atoms with Crippen molar-refractivity contribution in [2.75, 3.05) is 24.3 Å². The van der Waals surface area contributed by atoms with Gasteiger partial charge in [-0.25, -0.2) is 0 Å². The van der Waals surface area contributed by atoms with Crippen LogP contribution in [0.15, 0.2) is 47.4 Å². The first-order valence-electron chi connectivity index (χ1n) is 8.99. The van der Waals surface area contributed by atoms with Gasteiger partial charge in [0.2, 0.25) is 0 Å². The fourth-order valence-corrected chi connectivity index (χ4v) is 4.92. The standard InChI is InChI=1S/C20H21N3O3S/c1-13(23-19(24)15-6-2-3-7-16(15)20(23)25)11-21-10-9-14-5-4-8-17-18(14)27(26)12-22-17/h2-8,13,21-22H,9-12H2,1H3. The number of hydrogen-bond donors (Lipinski definition) is 2. The Labute approximate surface area is 161 Å². The van der Waals surface area contributed by atoms with Crippen molar-refractivity contribution in [1.29, 1.82) is 0 Å². The van der Waals surface area contributed by atoms with Crippen LogP contribution < -0.4 is 10.6 Å². The summed E-state index contributed by atoms with van der Waals surface area (Å²) < 4.78 is 12.1. The molecule has 0 fully saturated rings. The smallest absolute Gasteiger partial charge is 0.261 e. The van der Waals surface area contributed by atoms with Crippen molar-refractivity contribution in [2.24, 2.45) is 0 Å². The average Bonchev–Trinajstić information content (AvgIpc) is 3.18. The molecule has 2 unspecified atom stereocenters. The largest absolute Gasteiger partial charge is 0.610 e. The fraction of sp³-hybridized carbons (Fsp3) is 0.300. The second-order valence-corrected chi connectivity index (χ2v) is 8.18. The van der Waals surface area contributed by atoms with E-state index in [1.807, 2.05) is 25.1 Å². The van der Waals surface area contributed by atoms with Crippen LogP contribution in [0.1, 0.15) is 33.2 Å². The van der Waals surface area contributed by atoms with Gasteiger partial charge in [-0.05, 0) is 38.1 Å². The van der Waals surface area contributed by atoms with E-state index in [9.17, 15) is 14.1 Å². The van der Waals surface area contributed by atoms with E-state index in [-0.39, 0.29) is 17.9 Å². The summed E-state index contributed by atoms with van der Waals surface area (Å²) in [5, 5.41) is 6.47. The van der Waals surface area contributed by atoms with Gasteiger partial charge in [-0.1, -0.05) is 24.3 Å². The Morgan fingerprint density at radius 2 is 1.85 bits per heavy atom. The summed E-state index contributed by atoms with van der Waals surface area (Å²) in [6.45, 7) is 3.07. The van der Waals surface area contributed by atoms with Gasteiger partial charge in [0.15, 0.2) is 10.8 Å². The van der Waals surface area contributed by atoms with Gasteiger partial charge in [0, 0.05) is 29.3 Å². The first kappa shape index (κ1) is 18.0.